The Morgan fingerprint density at radius 2 is 1.91 bits per heavy atom. The third-order valence-corrected chi connectivity index (χ3v) is 8.04. The maximum atomic E-state index is 13.2. The Kier molecular flexibility index (Phi) is 5.47. The first kappa shape index (κ1) is 21.4. The van der Waals surface area contributed by atoms with Gasteiger partial charge in [0.2, 0.25) is 0 Å². The van der Waals surface area contributed by atoms with Crippen molar-refractivity contribution < 1.29 is 17.9 Å². The van der Waals surface area contributed by atoms with Crippen LogP contribution in [0.2, 0.25) is 0 Å². The molecule has 0 saturated carbocycles. The fourth-order valence-electron chi connectivity index (χ4n) is 3.82. The Balaban J connectivity index is 1.32. The van der Waals surface area contributed by atoms with E-state index in [0.717, 1.165) is 18.4 Å². The lowest BCUT2D eigenvalue weighted by Crippen LogP contribution is -2.35. The van der Waals surface area contributed by atoms with Gasteiger partial charge in [-0.3, -0.25) is 13.5 Å². The van der Waals surface area contributed by atoms with Crippen LogP contribution in [0.5, 0.6) is 0 Å². The van der Waals surface area contributed by atoms with Crippen molar-refractivity contribution in [2.75, 3.05) is 10.8 Å². The predicted octanol–water partition coefficient (Wildman–Crippen LogP) is 3.25. The molecule has 10 heteroatoms. The summed E-state index contributed by atoms with van der Waals surface area (Å²) in [4.78, 5) is 29.4. The third-order valence-electron chi connectivity index (χ3n) is 5.45. The van der Waals surface area contributed by atoms with Crippen LogP contribution in [0.15, 0.2) is 75.9 Å². The highest BCUT2D eigenvalue weighted by Gasteiger charge is 2.29. The number of benzene rings is 2. The molecule has 5 rings (SSSR count). The number of fused-ring (bicyclic) bond motifs is 2. The van der Waals surface area contributed by atoms with Crippen LogP contribution in [0.25, 0.3) is 4.96 Å². The SMILES string of the molecule is O=C(OCc1cc(=O)n2ccsc2n1)c1ccc(S(=O)(=O)N2CCCc3ccccc32)cc1. The van der Waals surface area contributed by atoms with Crippen LogP contribution in [0.4, 0.5) is 5.69 Å². The zero-order valence-electron chi connectivity index (χ0n) is 17.4. The van der Waals surface area contributed by atoms with Crippen molar-refractivity contribution in [3.05, 3.63) is 93.3 Å². The van der Waals surface area contributed by atoms with E-state index in [-0.39, 0.29) is 22.6 Å². The van der Waals surface area contributed by atoms with Crippen LogP contribution < -0.4 is 9.86 Å². The molecule has 0 radical (unpaired) electrons. The molecule has 2 aromatic heterocycles. The number of aromatic nitrogens is 2. The summed E-state index contributed by atoms with van der Waals surface area (Å²) in [6.45, 7) is 0.248. The van der Waals surface area contributed by atoms with Crippen molar-refractivity contribution in [3.8, 4) is 0 Å². The van der Waals surface area contributed by atoms with E-state index >= 15 is 0 Å². The van der Waals surface area contributed by atoms with Crippen molar-refractivity contribution in [1.29, 1.82) is 0 Å². The third kappa shape index (κ3) is 4.03. The number of aryl methyl sites for hydroxylation is 1. The number of nitrogens with zero attached hydrogens (tertiary/aromatic N) is 3. The largest absolute Gasteiger partial charge is 0.456 e. The Morgan fingerprint density at radius 3 is 2.73 bits per heavy atom. The summed E-state index contributed by atoms with van der Waals surface area (Å²) in [5.74, 6) is -0.629. The lowest BCUT2D eigenvalue weighted by atomic mass is 10.0. The number of para-hydroxylation sites is 1. The molecule has 0 bridgehead atoms. The van der Waals surface area contributed by atoms with E-state index in [1.807, 2.05) is 24.3 Å². The van der Waals surface area contributed by atoms with E-state index in [2.05, 4.69) is 4.98 Å². The molecule has 0 amide bonds. The van der Waals surface area contributed by atoms with Gasteiger partial charge in [0.1, 0.15) is 6.61 Å². The van der Waals surface area contributed by atoms with Gasteiger partial charge in [-0.25, -0.2) is 18.2 Å². The second-order valence-electron chi connectivity index (χ2n) is 7.55. The maximum absolute atomic E-state index is 13.2. The maximum Gasteiger partial charge on any atom is 0.338 e. The van der Waals surface area contributed by atoms with Gasteiger partial charge in [0.05, 0.1) is 21.8 Å². The topological polar surface area (TPSA) is 98.0 Å². The number of esters is 1. The summed E-state index contributed by atoms with van der Waals surface area (Å²) >= 11 is 1.31. The van der Waals surface area contributed by atoms with Gasteiger partial charge in [-0.1, -0.05) is 18.2 Å². The van der Waals surface area contributed by atoms with E-state index in [1.165, 1.54) is 50.4 Å². The highest BCUT2D eigenvalue weighted by atomic mass is 32.2. The Morgan fingerprint density at radius 1 is 1.12 bits per heavy atom. The zero-order valence-corrected chi connectivity index (χ0v) is 19.0. The number of thiazole rings is 1. The van der Waals surface area contributed by atoms with Crippen molar-refractivity contribution in [3.63, 3.8) is 0 Å². The number of carbonyl (C=O) groups excluding carboxylic acids is 1. The number of anilines is 1. The van der Waals surface area contributed by atoms with Gasteiger partial charge in [0.15, 0.2) is 4.96 Å². The second kappa shape index (κ2) is 8.45. The van der Waals surface area contributed by atoms with E-state index in [9.17, 15) is 18.0 Å². The van der Waals surface area contributed by atoms with Crippen molar-refractivity contribution in [2.45, 2.75) is 24.3 Å². The lowest BCUT2D eigenvalue weighted by molar-refractivity contribution is 0.0467. The molecular formula is C23H19N3O5S2. The molecule has 4 aromatic rings. The Hall–Kier alpha value is -3.50. The smallest absolute Gasteiger partial charge is 0.338 e. The van der Waals surface area contributed by atoms with Crippen LogP contribution in [0.3, 0.4) is 0 Å². The zero-order chi connectivity index (χ0) is 23.0. The molecular weight excluding hydrogens is 462 g/mol. The van der Waals surface area contributed by atoms with Crippen LogP contribution >= 0.6 is 11.3 Å². The van der Waals surface area contributed by atoms with Crippen LogP contribution in [-0.4, -0.2) is 30.3 Å². The first-order valence-electron chi connectivity index (χ1n) is 10.3. The molecule has 8 nitrogen and oxygen atoms in total. The van der Waals surface area contributed by atoms with Crippen LogP contribution in [0.1, 0.15) is 28.0 Å². The average molecular weight is 482 g/mol. The first-order valence-corrected chi connectivity index (χ1v) is 12.6. The molecule has 0 atom stereocenters. The molecule has 2 aromatic carbocycles. The van der Waals surface area contributed by atoms with Crippen LogP contribution in [0, 0.1) is 0 Å². The van der Waals surface area contributed by atoms with E-state index in [1.54, 1.807) is 11.6 Å². The minimum atomic E-state index is -3.76. The molecule has 0 saturated heterocycles. The molecule has 0 N–H and O–H groups in total. The van der Waals surface area contributed by atoms with E-state index < -0.39 is 16.0 Å². The molecule has 0 unspecified atom stereocenters. The van der Waals surface area contributed by atoms with E-state index in [4.69, 9.17) is 4.74 Å². The lowest BCUT2D eigenvalue weighted by Gasteiger charge is -2.30. The molecule has 33 heavy (non-hydrogen) atoms. The van der Waals surface area contributed by atoms with Gasteiger partial charge >= 0.3 is 5.97 Å². The quantitative estimate of drug-likeness (QED) is 0.406. The van der Waals surface area contributed by atoms with Crippen molar-refractivity contribution in [1.82, 2.24) is 9.38 Å². The summed E-state index contributed by atoms with van der Waals surface area (Å²) in [5.41, 5.74) is 2.00. The fraction of sp³-hybridized carbons (Fsp3) is 0.174. The van der Waals surface area contributed by atoms with Crippen LogP contribution in [-0.2, 0) is 27.8 Å². The Bertz CT molecular complexity index is 1510. The number of ether oxygens (including phenoxy) is 1. The normalized spacial score (nSPS) is 13.6. The molecule has 3 heterocycles. The van der Waals surface area contributed by atoms with Crippen molar-refractivity contribution >= 4 is 38.0 Å². The standard InChI is InChI=1S/C23H19N3O5S2/c27-21-14-18(24-23-25(21)12-13-32-23)15-31-22(28)17-7-9-19(10-8-17)33(29,30)26-11-3-5-16-4-1-2-6-20(16)26/h1-2,4,6-10,12-14H,3,5,11,15H2. The van der Waals surface area contributed by atoms with Gasteiger partial charge in [-0.15, -0.1) is 11.3 Å². The molecule has 0 spiro atoms. The minimum absolute atomic E-state index is 0.105. The molecule has 1 aliphatic rings. The van der Waals surface area contributed by atoms with Gasteiger partial charge in [-0.2, -0.15) is 0 Å². The molecule has 1 aliphatic heterocycles. The summed E-state index contributed by atoms with van der Waals surface area (Å²) in [5, 5.41) is 1.75. The van der Waals surface area contributed by atoms with Gasteiger partial charge in [-0.05, 0) is 48.7 Å². The van der Waals surface area contributed by atoms with Gasteiger partial charge in [0.25, 0.3) is 15.6 Å². The number of sulfonamides is 1. The summed E-state index contributed by atoms with van der Waals surface area (Å²) < 4.78 is 34.6. The molecule has 0 aliphatic carbocycles. The monoisotopic (exact) mass is 481 g/mol. The minimum Gasteiger partial charge on any atom is -0.456 e. The number of hydrogen-bond acceptors (Lipinski definition) is 7. The number of rotatable bonds is 5. The van der Waals surface area contributed by atoms with Gasteiger partial charge < -0.3 is 4.74 Å². The predicted molar refractivity (Wildman–Crippen MR) is 124 cm³/mol. The number of hydrogen-bond donors (Lipinski definition) is 0. The van der Waals surface area contributed by atoms with E-state index in [0.29, 0.717) is 22.9 Å². The summed E-state index contributed by atoms with van der Waals surface area (Å²) in [7, 11) is -3.76. The summed E-state index contributed by atoms with van der Waals surface area (Å²) in [6, 6.07) is 14.5. The fourth-order valence-corrected chi connectivity index (χ4v) is 6.10. The van der Waals surface area contributed by atoms with Gasteiger partial charge in [0, 0.05) is 24.2 Å². The highest BCUT2D eigenvalue weighted by molar-refractivity contribution is 7.92. The highest BCUT2D eigenvalue weighted by Crippen LogP contribution is 2.31. The summed E-state index contributed by atoms with van der Waals surface area (Å²) in [6.07, 6.45) is 3.21. The Labute approximate surface area is 193 Å². The molecule has 0 fully saturated rings. The average Bonchev–Trinajstić information content (AvgIpc) is 3.31. The first-order chi connectivity index (χ1) is 15.9. The number of carbonyl (C=O) groups is 1. The molecule has 168 valence electrons. The van der Waals surface area contributed by atoms with Crippen molar-refractivity contribution in [2.24, 2.45) is 0 Å². The second-order valence-corrected chi connectivity index (χ2v) is 10.3.